The molecule has 0 aromatic carbocycles. The third-order valence-corrected chi connectivity index (χ3v) is 2.95. The molecule has 3 nitrogen and oxygen atoms in total. The highest BCUT2D eigenvalue weighted by Crippen LogP contribution is 2.18. The third kappa shape index (κ3) is 3.46. The molecule has 0 N–H and O–H groups in total. The van der Waals surface area contributed by atoms with Crippen molar-refractivity contribution in [2.45, 2.75) is 19.8 Å². The van der Waals surface area contributed by atoms with Crippen LogP contribution in [-0.4, -0.2) is 48.4 Å². The second-order valence-corrected chi connectivity index (χ2v) is 4.44. The van der Waals surface area contributed by atoms with Crippen molar-refractivity contribution in [3.05, 3.63) is 0 Å². The van der Waals surface area contributed by atoms with Crippen molar-refractivity contribution in [1.82, 2.24) is 9.80 Å². The second-order valence-electron chi connectivity index (χ2n) is 4.12. The Morgan fingerprint density at radius 2 is 2.36 bits per heavy atom. The molecule has 1 aliphatic heterocycles. The number of carbonyl (C=O) groups excluding carboxylic acids is 1. The first-order chi connectivity index (χ1) is 6.63. The second kappa shape index (κ2) is 5.56. The minimum absolute atomic E-state index is 0.300. The van der Waals surface area contributed by atoms with Gasteiger partial charge in [0.2, 0.25) is 0 Å². The van der Waals surface area contributed by atoms with E-state index >= 15 is 0 Å². The fraction of sp³-hybridized carbons (Fsp3) is 0.900. The molecule has 1 fully saturated rings. The molecule has 1 atom stereocenters. The van der Waals surface area contributed by atoms with Crippen molar-refractivity contribution in [3.63, 3.8) is 0 Å². The predicted molar refractivity (Wildman–Crippen MR) is 58.7 cm³/mol. The van der Waals surface area contributed by atoms with Crippen LogP contribution >= 0.6 is 11.6 Å². The number of halogens is 1. The van der Waals surface area contributed by atoms with Gasteiger partial charge in [-0.05, 0) is 44.0 Å². The van der Waals surface area contributed by atoms with E-state index in [-0.39, 0.29) is 5.37 Å². The van der Waals surface area contributed by atoms with E-state index in [1.54, 1.807) is 4.90 Å². The smallest absolute Gasteiger partial charge is 0.316 e. The summed E-state index contributed by atoms with van der Waals surface area (Å²) in [5.41, 5.74) is 0. The van der Waals surface area contributed by atoms with Crippen LogP contribution in [0.3, 0.4) is 0 Å². The molecule has 0 aromatic rings. The molecule has 0 spiro atoms. The zero-order valence-corrected chi connectivity index (χ0v) is 9.76. The van der Waals surface area contributed by atoms with Crippen LogP contribution in [0.25, 0.3) is 0 Å². The van der Waals surface area contributed by atoms with Crippen molar-refractivity contribution in [1.29, 1.82) is 0 Å². The summed E-state index contributed by atoms with van der Waals surface area (Å²) in [6.45, 7) is 6.04. The lowest BCUT2D eigenvalue weighted by atomic mass is 10.1. The van der Waals surface area contributed by atoms with Gasteiger partial charge in [0.25, 0.3) is 0 Å². The number of hydrogen-bond acceptors (Lipinski definition) is 2. The molecular formula is C10H19ClN2O. The summed E-state index contributed by atoms with van der Waals surface area (Å²) in [6.07, 6.45) is 2.27. The van der Waals surface area contributed by atoms with Crippen molar-refractivity contribution in [2.24, 2.45) is 5.92 Å². The highest BCUT2D eigenvalue weighted by molar-refractivity contribution is 6.62. The van der Waals surface area contributed by atoms with Gasteiger partial charge in [-0.2, -0.15) is 0 Å². The molecule has 14 heavy (non-hydrogen) atoms. The van der Waals surface area contributed by atoms with Gasteiger partial charge in [-0.3, -0.25) is 4.79 Å². The summed E-state index contributed by atoms with van der Waals surface area (Å²) in [6, 6.07) is 0. The van der Waals surface area contributed by atoms with E-state index in [0.29, 0.717) is 5.92 Å². The Morgan fingerprint density at radius 3 is 2.86 bits per heavy atom. The van der Waals surface area contributed by atoms with E-state index in [1.807, 2.05) is 0 Å². The lowest BCUT2D eigenvalue weighted by Crippen LogP contribution is -2.29. The zero-order valence-electron chi connectivity index (χ0n) is 9.00. The van der Waals surface area contributed by atoms with Crippen LogP contribution in [0.4, 0.5) is 4.79 Å². The fourth-order valence-electron chi connectivity index (χ4n) is 2.06. The van der Waals surface area contributed by atoms with Crippen LogP contribution in [0.2, 0.25) is 0 Å². The molecule has 1 amide bonds. The standard InChI is InChI=1S/C10H19ClN2O/c1-3-5-12(2)7-9-4-6-13(8-9)10(11)14/h9H,3-8H2,1-2H3. The van der Waals surface area contributed by atoms with Gasteiger partial charge in [0.15, 0.2) is 0 Å². The predicted octanol–water partition coefficient (Wildman–Crippen LogP) is 2.01. The molecule has 0 radical (unpaired) electrons. The molecule has 1 aliphatic rings. The Balaban J connectivity index is 2.25. The number of nitrogens with zero attached hydrogens (tertiary/aromatic N) is 2. The minimum atomic E-state index is -0.300. The molecule has 4 heteroatoms. The van der Waals surface area contributed by atoms with Gasteiger partial charge >= 0.3 is 5.37 Å². The maximum Gasteiger partial charge on any atom is 0.316 e. The lowest BCUT2D eigenvalue weighted by molar-refractivity contribution is 0.226. The van der Waals surface area contributed by atoms with E-state index in [2.05, 4.69) is 18.9 Å². The molecule has 1 unspecified atom stereocenters. The van der Waals surface area contributed by atoms with E-state index < -0.39 is 0 Å². The van der Waals surface area contributed by atoms with Crippen LogP contribution in [-0.2, 0) is 0 Å². The van der Waals surface area contributed by atoms with Gasteiger partial charge in [0, 0.05) is 19.6 Å². The first-order valence-electron chi connectivity index (χ1n) is 5.26. The van der Waals surface area contributed by atoms with E-state index in [1.165, 1.54) is 6.42 Å². The summed E-state index contributed by atoms with van der Waals surface area (Å²) in [5.74, 6) is 0.606. The van der Waals surface area contributed by atoms with Crippen LogP contribution < -0.4 is 0 Å². The zero-order chi connectivity index (χ0) is 10.6. The van der Waals surface area contributed by atoms with Crippen LogP contribution in [0, 0.1) is 5.92 Å². The number of rotatable bonds is 4. The Morgan fingerprint density at radius 1 is 1.64 bits per heavy atom. The first kappa shape index (κ1) is 11.8. The Kier molecular flexibility index (Phi) is 4.69. The molecule has 0 aromatic heterocycles. The van der Waals surface area contributed by atoms with Crippen molar-refractivity contribution < 1.29 is 4.79 Å². The molecule has 0 bridgehead atoms. The summed E-state index contributed by atoms with van der Waals surface area (Å²) in [5, 5.41) is -0.300. The van der Waals surface area contributed by atoms with Gasteiger partial charge < -0.3 is 9.80 Å². The lowest BCUT2D eigenvalue weighted by Gasteiger charge is -2.20. The number of carbonyl (C=O) groups is 1. The largest absolute Gasteiger partial charge is 0.329 e. The van der Waals surface area contributed by atoms with Gasteiger partial charge in [-0.15, -0.1) is 0 Å². The molecular weight excluding hydrogens is 200 g/mol. The number of hydrogen-bond donors (Lipinski definition) is 0. The fourth-order valence-corrected chi connectivity index (χ4v) is 2.21. The third-order valence-electron chi connectivity index (χ3n) is 2.71. The van der Waals surface area contributed by atoms with Crippen molar-refractivity contribution in [2.75, 3.05) is 33.2 Å². The van der Waals surface area contributed by atoms with Crippen LogP contribution in [0.5, 0.6) is 0 Å². The summed E-state index contributed by atoms with van der Waals surface area (Å²) in [7, 11) is 2.13. The SMILES string of the molecule is CCCN(C)CC1CCN(C(=O)Cl)C1. The highest BCUT2D eigenvalue weighted by atomic mass is 35.5. The normalized spacial score (nSPS) is 22.0. The quantitative estimate of drug-likeness (QED) is 0.533. The Bertz CT molecular complexity index is 199. The summed E-state index contributed by atoms with van der Waals surface area (Å²) < 4.78 is 0. The van der Waals surface area contributed by atoms with Gasteiger partial charge in [0.1, 0.15) is 0 Å². The van der Waals surface area contributed by atoms with Crippen LogP contribution in [0.1, 0.15) is 19.8 Å². The monoisotopic (exact) mass is 218 g/mol. The van der Waals surface area contributed by atoms with Gasteiger partial charge in [-0.1, -0.05) is 6.92 Å². The first-order valence-corrected chi connectivity index (χ1v) is 5.64. The van der Waals surface area contributed by atoms with E-state index in [0.717, 1.165) is 32.6 Å². The Labute approximate surface area is 91.0 Å². The maximum absolute atomic E-state index is 10.9. The average Bonchev–Trinajstić information content (AvgIpc) is 2.53. The van der Waals surface area contributed by atoms with E-state index in [9.17, 15) is 4.79 Å². The molecule has 82 valence electrons. The maximum atomic E-state index is 10.9. The minimum Gasteiger partial charge on any atom is -0.329 e. The highest BCUT2D eigenvalue weighted by Gasteiger charge is 2.25. The number of amides is 1. The van der Waals surface area contributed by atoms with Gasteiger partial charge in [-0.25, -0.2) is 0 Å². The summed E-state index contributed by atoms with van der Waals surface area (Å²) >= 11 is 5.42. The molecule has 1 heterocycles. The van der Waals surface area contributed by atoms with E-state index in [4.69, 9.17) is 11.6 Å². The molecule has 0 saturated carbocycles. The topological polar surface area (TPSA) is 23.6 Å². The molecule has 1 rings (SSSR count). The van der Waals surface area contributed by atoms with Crippen molar-refractivity contribution >= 4 is 17.0 Å². The van der Waals surface area contributed by atoms with Crippen molar-refractivity contribution in [3.8, 4) is 0 Å². The van der Waals surface area contributed by atoms with Crippen LogP contribution in [0.15, 0.2) is 0 Å². The molecule has 1 saturated heterocycles. The molecule has 0 aliphatic carbocycles. The van der Waals surface area contributed by atoms with Gasteiger partial charge in [0.05, 0.1) is 0 Å². The summed E-state index contributed by atoms with van der Waals surface area (Å²) in [4.78, 5) is 14.9. The Hall–Kier alpha value is -0.280. The number of likely N-dealkylation sites (tertiary alicyclic amines) is 1. The average molecular weight is 219 g/mol.